The number of rotatable bonds is 9. The second-order valence-corrected chi connectivity index (χ2v) is 17.8. The third kappa shape index (κ3) is 6.30. The fraction of sp³-hybridized carbons (Fsp3) is 0.487. The molecule has 276 valence electrons. The lowest BCUT2D eigenvalue weighted by molar-refractivity contribution is -0.0753. The van der Waals surface area contributed by atoms with Gasteiger partial charge in [-0.15, -0.1) is 0 Å². The van der Waals surface area contributed by atoms with E-state index in [1.54, 1.807) is 18.6 Å². The molecular weight excluding hydrogens is 691 g/mol. The Bertz CT molecular complexity index is 2250. The van der Waals surface area contributed by atoms with Crippen LogP contribution in [0.4, 0.5) is 10.9 Å². The van der Waals surface area contributed by atoms with Crippen LogP contribution in [-0.4, -0.2) is 58.4 Å². The summed E-state index contributed by atoms with van der Waals surface area (Å²) in [6.07, 6.45) is 8.82. The number of carbonyl (C=O) groups excluding carboxylic acids is 1. The summed E-state index contributed by atoms with van der Waals surface area (Å²) in [7, 11) is 0. The first-order chi connectivity index (χ1) is 25.2. The van der Waals surface area contributed by atoms with Crippen LogP contribution in [0.15, 0.2) is 54.1 Å². The fourth-order valence-electron chi connectivity index (χ4n) is 10.4. The highest BCUT2D eigenvalue weighted by molar-refractivity contribution is 7.22. The average Bonchev–Trinajstić information content (AvgIpc) is 3.82. The number of aromatic nitrogens is 6. The van der Waals surface area contributed by atoms with E-state index in [2.05, 4.69) is 53.1 Å². The maximum absolute atomic E-state index is 13.4. The molecule has 2 N–H and O–H groups in total. The minimum absolute atomic E-state index is 0.0111. The Kier molecular flexibility index (Phi) is 8.32. The van der Waals surface area contributed by atoms with Crippen molar-refractivity contribution in [1.29, 1.82) is 0 Å². The van der Waals surface area contributed by atoms with Crippen LogP contribution in [-0.2, 0) is 19.6 Å². The summed E-state index contributed by atoms with van der Waals surface area (Å²) >= 11 is 1.40. The van der Waals surface area contributed by atoms with Crippen LogP contribution in [0.2, 0.25) is 0 Å². The summed E-state index contributed by atoms with van der Waals surface area (Å²) in [6, 6.07) is 11.3. The Hall–Kier alpha value is -4.98. The summed E-state index contributed by atoms with van der Waals surface area (Å²) in [6.45, 7) is 13.1. The van der Waals surface area contributed by atoms with Crippen molar-refractivity contribution in [3.8, 4) is 11.1 Å². The molecule has 53 heavy (non-hydrogen) atoms. The van der Waals surface area contributed by atoms with Gasteiger partial charge in [-0.25, -0.2) is 19.7 Å². The number of carbonyl (C=O) groups is 2. The second-order valence-electron chi connectivity index (χ2n) is 16.8. The lowest BCUT2D eigenvalue weighted by Crippen LogP contribution is -2.55. The third-order valence-corrected chi connectivity index (χ3v) is 12.9. The minimum Gasteiger partial charge on any atom is -0.476 e. The zero-order chi connectivity index (χ0) is 37.3. The Morgan fingerprint density at radius 2 is 1.74 bits per heavy atom. The van der Waals surface area contributed by atoms with E-state index in [9.17, 15) is 19.6 Å². The Labute approximate surface area is 311 Å². The van der Waals surface area contributed by atoms with Crippen LogP contribution in [0, 0.1) is 28.1 Å². The van der Waals surface area contributed by atoms with Gasteiger partial charge in [0.15, 0.2) is 16.5 Å². The van der Waals surface area contributed by atoms with E-state index < -0.39 is 11.5 Å². The zero-order valence-corrected chi connectivity index (χ0v) is 31.7. The molecule has 2 fully saturated rings. The van der Waals surface area contributed by atoms with Crippen molar-refractivity contribution in [3.63, 3.8) is 0 Å². The number of para-hydroxylation sites is 1. The SMILES string of the molecule is CCC1(C)CC2(C)CC(C)(Cn3ncc(-c4ccc(N5CCn6cnc(C(=O)Nc7nc8ccccc8s7)c6C5)nc4C(=O)O)c3C)CC(N=O)(C1)C2. The highest BCUT2D eigenvalue weighted by atomic mass is 32.1. The number of benzene rings is 1. The molecule has 2 saturated carbocycles. The fourth-order valence-corrected chi connectivity index (χ4v) is 11.2. The van der Waals surface area contributed by atoms with Crippen molar-refractivity contribution in [1.82, 2.24) is 29.3 Å². The monoisotopic (exact) mass is 735 g/mol. The molecule has 1 aliphatic heterocycles. The Balaban J connectivity index is 1.02. The Morgan fingerprint density at radius 1 is 0.962 bits per heavy atom. The van der Waals surface area contributed by atoms with Gasteiger partial charge in [0.1, 0.15) is 11.4 Å². The third-order valence-electron chi connectivity index (χ3n) is 12.0. The smallest absolute Gasteiger partial charge is 0.355 e. The van der Waals surface area contributed by atoms with Gasteiger partial charge in [0, 0.05) is 36.5 Å². The van der Waals surface area contributed by atoms with E-state index in [-0.39, 0.29) is 27.8 Å². The average molecular weight is 736 g/mol. The summed E-state index contributed by atoms with van der Waals surface area (Å²) in [5, 5.41) is 22.4. The summed E-state index contributed by atoms with van der Waals surface area (Å²) < 4.78 is 4.89. The molecule has 0 saturated heterocycles. The first-order valence-electron chi connectivity index (χ1n) is 18.3. The van der Waals surface area contributed by atoms with Crippen LogP contribution in [0.3, 0.4) is 0 Å². The van der Waals surface area contributed by atoms with E-state index in [1.807, 2.05) is 51.4 Å². The molecule has 3 aliphatic rings. The minimum atomic E-state index is -1.13. The van der Waals surface area contributed by atoms with E-state index in [4.69, 9.17) is 5.10 Å². The first kappa shape index (κ1) is 35.1. The number of fused-ring (bicyclic) bond motifs is 4. The van der Waals surface area contributed by atoms with E-state index in [0.717, 1.165) is 53.7 Å². The number of hydrogen-bond acceptors (Lipinski definition) is 10. The number of pyridine rings is 1. The molecule has 13 nitrogen and oxygen atoms in total. The van der Waals surface area contributed by atoms with Crippen LogP contribution in [0.25, 0.3) is 21.3 Å². The lowest BCUT2D eigenvalue weighted by atomic mass is 9.46. The van der Waals surface area contributed by atoms with Crippen molar-refractivity contribution < 1.29 is 14.7 Å². The molecule has 1 amide bonds. The van der Waals surface area contributed by atoms with Gasteiger partial charge in [-0.05, 0) is 79.5 Å². The number of nitroso groups, excluding NO2 is 1. The quantitative estimate of drug-likeness (QED) is 0.143. The van der Waals surface area contributed by atoms with E-state index >= 15 is 0 Å². The van der Waals surface area contributed by atoms with Gasteiger partial charge in [0.2, 0.25) is 0 Å². The van der Waals surface area contributed by atoms with Gasteiger partial charge in [0.05, 0.1) is 35.0 Å². The van der Waals surface area contributed by atoms with Crippen LogP contribution in [0.5, 0.6) is 0 Å². The highest BCUT2D eigenvalue weighted by Crippen LogP contribution is 2.64. The summed E-state index contributed by atoms with van der Waals surface area (Å²) in [5.41, 5.74) is 3.14. The van der Waals surface area contributed by atoms with Crippen molar-refractivity contribution in [2.24, 2.45) is 21.4 Å². The van der Waals surface area contributed by atoms with Gasteiger partial charge in [0.25, 0.3) is 5.91 Å². The number of thiazole rings is 1. The zero-order valence-electron chi connectivity index (χ0n) is 30.8. The summed E-state index contributed by atoms with van der Waals surface area (Å²) in [4.78, 5) is 54.2. The van der Waals surface area contributed by atoms with Crippen LogP contribution >= 0.6 is 11.3 Å². The van der Waals surface area contributed by atoms with Crippen LogP contribution in [0.1, 0.15) is 98.6 Å². The number of aromatic carboxylic acids is 1. The maximum Gasteiger partial charge on any atom is 0.355 e. The largest absolute Gasteiger partial charge is 0.476 e. The molecule has 8 rings (SSSR count). The van der Waals surface area contributed by atoms with Crippen molar-refractivity contribution in [2.75, 3.05) is 16.8 Å². The topological polar surface area (TPSA) is 160 Å². The van der Waals surface area contributed by atoms with Crippen molar-refractivity contribution >= 4 is 44.4 Å². The van der Waals surface area contributed by atoms with Gasteiger partial charge < -0.3 is 14.6 Å². The van der Waals surface area contributed by atoms with E-state index in [1.165, 1.54) is 11.3 Å². The molecular formula is C39H45N9O4S. The molecule has 1 aromatic carbocycles. The number of carboxylic acids is 1. The lowest BCUT2D eigenvalue weighted by Gasteiger charge is -2.59. The molecule has 4 aromatic heterocycles. The number of nitrogens with zero attached hydrogens (tertiary/aromatic N) is 8. The number of carboxylic acid groups (broad SMARTS) is 1. The molecule has 14 heteroatoms. The number of amides is 1. The molecule has 4 unspecified atom stereocenters. The number of hydrogen-bond donors (Lipinski definition) is 2. The van der Waals surface area contributed by atoms with Gasteiger partial charge in [-0.3, -0.25) is 14.8 Å². The van der Waals surface area contributed by atoms with Crippen LogP contribution < -0.4 is 10.2 Å². The number of anilines is 2. The summed E-state index contributed by atoms with van der Waals surface area (Å²) in [5.74, 6) is -0.982. The highest BCUT2D eigenvalue weighted by Gasteiger charge is 2.59. The molecule has 0 spiro atoms. The second kappa shape index (κ2) is 12.6. The van der Waals surface area contributed by atoms with Gasteiger partial charge >= 0.3 is 5.97 Å². The molecule has 5 heterocycles. The van der Waals surface area contributed by atoms with Gasteiger partial charge in [-0.1, -0.05) is 62.8 Å². The predicted molar refractivity (Wildman–Crippen MR) is 204 cm³/mol. The first-order valence-corrected chi connectivity index (χ1v) is 19.1. The Morgan fingerprint density at radius 3 is 2.49 bits per heavy atom. The normalized spacial score (nSPS) is 26.7. The molecule has 0 radical (unpaired) electrons. The van der Waals surface area contributed by atoms with Gasteiger partial charge in [-0.2, -0.15) is 10.0 Å². The van der Waals surface area contributed by atoms with Crippen molar-refractivity contribution in [3.05, 3.63) is 76.6 Å². The number of imidazole rings is 1. The van der Waals surface area contributed by atoms with Crippen molar-refractivity contribution in [2.45, 2.75) is 98.3 Å². The standard InChI is InChI=1S/C39H45N9O4S/c1-6-36(3)17-37(4)18-38(5,21-39(19-36,20-37)45-52)22-48-24(2)26(15-41-48)25-11-12-30(43-31(25)34(50)51)46-13-14-47-23-40-32(28(47)16-46)33(49)44-35-42-27-9-7-8-10-29(27)53-35/h7-12,15,23H,6,13-14,16-22H2,1-5H3,(H,50,51)(H,42,44,49). The molecule has 5 aromatic rings. The van der Waals surface area contributed by atoms with E-state index in [0.29, 0.717) is 60.4 Å². The predicted octanol–water partition coefficient (Wildman–Crippen LogP) is 7.94. The maximum atomic E-state index is 13.4. The molecule has 4 atom stereocenters. The number of nitrogens with one attached hydrogen (secondary N) is 1. The molecule has 2 bridgehead atoms. The molecule has 2 aliphatic carbocycles.